The summed E-state index contributed by atoms with van der Waals surface area (Å²) >= 11 is 0. The van der Waals surface area contributed by atoms with E-state index in [1.54, 1.807) is 0 Å². The van der Waals surface area contributed by atoms with Gasteiger partial charge in [-0.15, -0.1) is 5.10 Å². The zero-order valence-electron chi connectivity index (χ0n) is 9.15. The number of nitrogens with one attached hydrogen (secondary N) is 1. The Morgan fingerprint density at radius 2 is 2.06 bits per heavy atom. The number of carboxylic acid groups (broad SMARTS) is 1. The van der Waals surface area contributed by atoms with E-state index in [4.69, 9.17) is 5.11 Å². The van der Waals surface area contributed by atoms with Crippen molar-refractivity contribution < 1.29 is 27.9 Å². The molecule has 0 unspecified atom stereocenters. The van der Waals surface area contributed by atoms with Gasteiger partial charge in [-0.25, -0.2) is 4.98 Å². The molecule has 0 aliphatic carbocycles. The second-order valence-electron chi connectivity index (χ2n) is 3.41. The number of alkyl halides is 3. The van der Waals surface area contributed by atoms with Crippen LogP contribution in [0.2, 0.25) is 0 Å². The highest BCUT2D eigenvalue weighted by atomic mass is 19.4. The van der Waals surface area contributed by atoms with Gasteiger partial charge < -0.3 is 10.0 Å². The van der Waals surface area contributed by atoms with Crippen molar-refractivity contribution in [3.05, 3.63) is 11.6 Å². The average molecular weight is 266 g/mol. The van der Waals surface area contributed by atoms with Crippen molar-refractivity contribution in [2.45, 2.75) is 13.1 Å². The highest BCUT2D eigenvalue weighted by Crippen LogP contribution is 2.17. The van der Waals surface area contributed by atoms with Crippen LogP contribution in [0.3, 0.4) is 0 Å². The first-order valence-corrected chi connectivity index (χ1v) is 4.66. The Morgan fingerprint density at radius 3 is 2.44 bits per heavy atom. The van der Waals surface area contributed by atoms with E-state index in [0.717, 1.165) is 0 Å². The quantitative estimate of drug-likeness (QED) is 0.811. The summed E-state index contributed by atoms with van der Waals surface area (Å²) in [6, 6.07) is 0. The number of carboxylic acids is 1. The molecular formula is C8H9F3N4O3. The SMILES string of the molecule is Cc1nc(C(=O)N(CC(=O)O)CC(F)(F)F)n[nH]1. The molecule has 0 aliphatic rings. The van der Waals surface area contributed by atoms with Crippen LogP contribution in [0.15, 0.2) is 0 Å². The lowest BCUT2D eigenvalue weighted by molar-refractivity contribution is -0.149. The number of aromatic nitrogens is 3. The molecule has 0 saturated carbocycles. The number of aromatic amines is 1. The molecular weight excluding hydrogens is 257 g/mol. The third-order valence-corrected chi connectivity index (χ3v) is 1.77. The summed E-state index contributed by atoms with van der Waals surface area (Å²) in [5, 5.41) is 14.1. The van der Waals surface area contributed by atoms with Gasteiger partial charge in [-0.05, 0) is 6.92 Å². The van der Waals surface area contributed by atoms with Crippen molar-refractivity contribution in [1.82, 2.24) is 20.1 Å². The van der Waals surface area contributed by atoms with Crippen LogP contribution in [0, 0.1) is 6.92 Å². The summed E-state index contributed by atoms with van der Waals surface area (Å²) in [6.45, 7) is -1.30. The summed E-state index contributed by atoms with van der Waals surface area (Å²) in [4.78, 5) is 25.7. The topological polar surface area (TPSA) is 99.2 Å². The highest BCUT2D eigenvalue weighted by molar-refractivity contribution is 5.92. The fourth-order valence-electron chi connectivity index (χ4n) is 1.16. The minimum Gasteiger partial charge on any atom is -0.480 e. The summed E-state index contributed by atoms with van der Waals surface area (Å²) in [5.74, 6) is -3.02. The zero-order chi connectivity index (χ0) is 13.9. The smallest absolute Gasteiger partial charge is 0.406 e. The lowest BCUT2D eigenvalue weighted by Gasteiger charge is -2.20. The number of halogens is 3. The molecule has 10 heteroatoms. The van der Waals surface area contributed by atoms with Crippen LogP contribution in [-0.2, 0) is 4.79 Å². The number of H-pyrrole nitrogens is 1. The van der Waals surface area contributed by atoms with Crippen LogP contribution in [0.4, 0.5) is 13.2 Å². The molecule has 0 aliphatic heterocycles. The molecule has 1 heterocycles. The molecule has 0 atom stereocenters. The van der Waals surface area contributed by atoms with Crippen LogP contribution in [0.25, 0.3) is 0 Å². The summed E-state index contributed by atoms with van der Waals surface area (Å²) in [6.07, 6.45) is -4.70. The molecule has 2 N–H and O–H groups in total. The van der Waals surface area contributed by atoms with E-state index in [1.807, 2.05) is 0 Å². The van der Waals surface area contributed by atoms with E-state index in [2.05, 4.69) is 15.2 Å². The number of hydrogen-bond donors (Lipinski definition) is 2. The van der Waals surface area contributed by atoms with Gasteiger partial charge in [0, 0.05) is 0 Å². The van der Waals surface area contributed by atoms with Gasteiger partial charge in [0.25, 0.3) is 5.91 Å². The molecule has 0 saturated heterocycles. The number of aliphatic carboxylic acids is 1. The summed E-state index contributed by atoms with van der Waals surface area (Å²) < 4.78 is 36.6. The summed E-state index contributed by atoms with van der Waals surface area (Å²) in [5.41, 5.74) is 0. The first kappa shape index (κ1) is 13.9. The van der Waals surface area contributed by atoms with Crippen molar-refractivity contribution in [3.8, 4) is 0 Å². The summed E-state index contributed by atoms with van der Waals surface area (Å²) in [7, 11) is 0. The van der Waals surface area contributed by atoms with Gasteiger partial charge in [0.15, 0.2) is 0 Å². The van der Waals surface area contributed by atoms with Crippen LogP contribution < -0.4 is 0 Å². The third-order valence-electron chi connectivity index (χ3n) is 1.77. The number of carbonyl (C=O) groups is 2. The van der Waals surface area contributed by atoms with Gasteiger partial charge in [-0.3, -0.25) is 14.7 Å². The van der Waals surface area contributed by atoms with E-state index in [1.165, 1.54) is 6.92 Å². The Kier molecular flexibility index (Phi) is 3.89. The van der Waals surface area contributed by atoms with Gasteiger partial charge in [0.2, 0.25) is 5.82 Å². The Bertz CT molecular complexity index is 457. The molecule has 7 nitrogen and oxygen atoms in total. The van der Waals surface area contributed by atoms with Gasteiger partial charge >= 0.3 is 12.1 Å². The monoisotopic (exact) mass is 266 g/mol. The fourth-order valence-corrected chi connectivity index (χ4v) is 1.16. The molecule has 1 amide bonds. The van der Waals surface area contributed by atoms with E-state index >= 15 is 0 Å². The standard InChI is InChI=1S/C8H9F3N4O3/c1-4-12-6(14-13-4)7(18)15(2-5(16)17)3-8(9,10)11/h2-3H2,1H3,(H,16,17)(H,12,13,14). The van der Waals surface area contributed by atoms with Crippen molar-refractivity contribution in [3.63, 3.8) is 0 Å². The Balaban J connectivity index is 2.88. The first-order valence-electron chi connectivity index (χ1n) is 4.66. The van der Waals surface area contributed by atoms with Gasteiger partial charge in [-0.2, -0.15) is 13.2 Å². The largest absolute Gasteiger partial charge is 0.480 e. The van der Waals surface area contributed by atoms with Crippen molar-refractivity contribution >= 4 is 11.9 Å². The zero-order valence-corrected chi connectivity index (χ0v) is 9.15. The van der Waals surface area contributed by atoms with E-state index in [-0.39, 0.29) is 10.7 Å². The number of aryl methyl sites for hydroxylation is 1. The van der Waals surface area contributed by atoms with Crippen LogP contribution in [0.5, 0.6) is 0 Å². The van der Waals surface area contributed by atoms with Gasteiger partial charge in [-0.1, -0.05) is 0 Å². The van der Waals surface area contributed by atoms with Gasteiger partial charge in [0.05, 0.1) is 0 Å². The van der Waals surface area contributed by atoms with Crippen molar-refractivity contribution in [2.24, 2.45) is 0 Å². The van der Waals surface area contributed by atoms with Crippen molar-refractivity contribution in [1.29, 1.82) is 0 Å². The van der Waals surface area contributed by atoms with E-state index in [9.17, 15) is 22.8 Å². The molecule has 0 spiro atoms. The number of hydrogen-bond acceptors (Lipinski definition) is 4. The number of amides is 1. The first-order chi connectivity index (χ1) is 8.19. The Hall–Kier alpha value is -2.13. The predicted octanol–water partition coefficient (Wildman–Crippen LogP) is 0.202. The maximum atomic E-state index is 12.2. The third kappa shape index (κ3) is 4.03. The molecule has 1 rings (SSSR count). The molecule has 0 radical (unpaired) electrons. The van der Waals surface area contributed by atoms with Crippen molar-refractivity contribution in [2.75, 3.05) is 13.1 Å². The van der Waals surface area contributed by atoms with E-state index in [0.29, 0.717) is 0 Å². The van der Waals surface area contributed by atoms with Crippen LogP contribution in [-0.4, -0.2) is 56.3 Å². The lowest BCUT2D eigenvalue weighted by atomic mass is 10.4. The minimum atomic E-state index is -4.70. The Morgan fingerprint density at radius 1 is 1.44 bits per heavy atom. The normalized spacial score (nSPS) is 11.3. The van der Waals surface area contributed by atoms with E-state index < -0.39 is 37.0 Å². The number of rotatable bonds is 4. The maximum Gasteiger partial charge on any atom is 0.406 e. The molecule has 0 aromatic carbocycles. The highest BCUT2D eigenvalue weighted by Gasteiger charge is 2.35. The predicted molar refractivity (Wildman–Crippen MR) is 50.7 cm³/mol. The van der Waals surface area contributed by atoms with Gasteiger partial charge in [0.1, 0.15) is 18.9 Å². The lowest BCUT2D eigenvalue weighted by Crippen LogP contribution is -2.42. The molecule has 0 bridgehead atoms. The second kappa shape index (κ2) is 5.02. The van der Waals surface area contributed by atoms with Crippen LogP contribution in [0.1, 0.15) is 16.4 Å². The average Bonchev–Trinajstić information content (AvgIpc) is 2.59. The maximum absolute atomic E-state index is 12.2. The number of nitrogens with zero attached hydrogens (tertiary/aromatic N) is 3. The molecule has 18 heavy (non-hydrogen) atoms. The molecule has 1 aromatic rings. The molecule has 0 fully saturated rings. The number of carbonyl (C=O) groups excluding carboxylic acids is 1. The van der Waals surface area contributed by atoms with Crippen LogP contribution >= 0.6 is 0 Å². The fraction of sp³-hybridized carbons (Fsp3) is 0.500. The Labute approximate surface area is 98.6 Å². The minimum absolute atomic E-state index is 0.116. The molecule has 1 aromatic heterocycles. The second-order valence-corrected chi connectivity index (χ2v) is 3.41. The molecule has 100 valence electrons.